The molecule has 3 aromatic carbocycles. The molecule has 0 saturated heterocycles. The van der Waals surface area contributed by atoms with Gasteiger partial charge in [-0.25, -0.2) is 4.98 Å². The van der Waals surface area contributed by atoms with E-state index in [1.807, 2.05) is 42.5 Å². The standard InChI is InChI=1S/C25H26N2O3/c1-18-11-12-19(2)24(15-18)29-14-13-27-23-10-5-4-9-22(23)26-25(27)17-30-21-8-6-7-20(16-21)28-3/h4-12,15-16H,13-14,17H2,1-3H3. The van der Waals surface area contributed by atoms with Crippen molar-refractivity contribution in [1.29, 1.82) is 0 Å². The summed E-state index contributed by atoms with van der Waals surface area (Å²) in [6, 6.07) is 22.0. The zero-order valence-electron chi connectivity index (χ0n) is 17.6. The molecule has 0 N–H and O–H groups in total. The van der Waals surface area contributed by atoms with Crippen LogP contribution in [0.15, 0.2) is 66.7 Å². The number of nitrogens with zero attached hydrogens (tertiary/aromatic N) is 2. The van der Waals surface area contributed by atoms with Gasteiger partial charge < -0.3 is 18.8 Å². The van der Waals surface area contributed by atoms with Crippen molar-refractivity contribution in [2.45, 2.75) is 27.0 Å². The highest BCUT2D eigenvalue weighted by molar-refractivity contribution is 5.75. The molecule has 0 radical (unpaired) electrons. The molecule has 0 saturated carbocycles. The molecule has 4 aromatic rings. The molecule has 4 rings (SSSR count). The Morgan fingerprint density at radius 1 is 0.867 bits per heavy atom. The van der Waals surface area contributed by atoms with Gasteiger partial charge >= 0.3 is 0 Å². The summed E-state index contributed by atoms with van der Waals surface area (Å²) in [4.78, 5) is 4.78. The molecule has 1 heterocycles. The van der Waals surface area contributed by atoms with Crippen LogP contribution in [0.25, 0.3) is 11.0 Å². The van der Waals surface area contributed by atoms with Crippen LogP contribution >= 0.6 is 0 Å². The van der Waals surface area contributed by atoms with Crippen molar-refractivity contribution in [2.75, 3.05) is 13.7 Å². The van der Waals surface area contributed by atoms with Crippen LogP contribution in [-0.4, -0.2) is 23.3 Å². The molecule has 0 aliphatic carbocycles. The van der Waals surface area contributed by atoms with Crippen LogP contribution in [0.1, 0.15) is 17.0 Å². The van der Waals surface area contributed by atoms with E-state index in [2.05, 4.69) is 42.7 Å². The Kier molecular flexibility index (Phi) is 5.89. The molecule has 5 nitrogen and oxygen atoms in total. The number of hydrogen-bond donors (Lipinski definition) is 0. The SMILES string of the molecule is COc1cccc(OCc2nc3ccccc3n2CCOc2cc(C)ccc2C)c1. The lowest BCUT2D eigenvalue weighted by Gasteiger charge is -2.13. The Morgan fingerprint density at radius 3 is 2.57 bits per heavy atom. The molecular weight excluding hydrogens is 376 g/mol. The fourth-order valence-corrected chi connectivity index (χ4v) is 3.43. The molecular formula is C25H26N2O3. The summed E-state index contributed by atoms with van der Waals surface area (Å²) in [7, 11) is 1.65. The van der Waals surface area contributed by atoms with Crippen LogP contribution in [0.5, 0.6) is 17.2 Å². The number of hydrogen-bond acceptors (Lipinski definition) is 4. The van der Waals surface area contributed by atoms with Gasteiger partial charge in [-0.05, 0) is 55.3 Å². The maximum atomic E-state index is 6.08. The van der Waals surface area contributed by atoms with Gasteiger partial charge in [0.15, 0.2) is 0 Å². The predicted molar refractivity (Wildman–Crippen MR) is 118 cm³/mol. The van der Waals surface area contributed by atoms with Crippen LogP contribution in [0, 0.1) is 13.8 Å². The summed E-state index contributed by atoms with van der Waals surface area (Å²) in [6.07, 6.45) is 0. The minimum absolute atomic E-state index is 0.366. The summed E-state index contributed by atoms with van der Waals surface area (Å²) in [5.41, 5.74) is 4.36. The monoisotopic (exact) mass is 402 g/mol. The average molecular weight is 402 g/mol. The molecule has 154 valence electrons. The van der Waals surface area contributed by atoms with Gasteiger partial charge in [0, 0.05) is 6.07 Å². The first-order valence-electron chi connectivity index (χ1n) is 10.0. The number of fused-ring (bicyclic) bond motifs is 1. The van der Waals surface area contributed by atoms with E-state index in [1.54, 1.807) is 7.11 Å². The van der Waals surface area contributed by atoms with Gasteiger partial charge in [-0.1, -0.05) is 30.3 Å². The largest absolute Gasteiger partial charge is 0.497 e. The van der Waals surface area contributed by atoms with Crippen molar-refractivity contribution in [1.82, 2.24) is 9.55 Å². The molecule has 0 bridgehead atoms. The van der Waals surface area contributed by atoms with Gasteiger partial charge in [0.25, 0.3) is 0 Å². The quantitative estimate of drug-likeness (QED) is 0.400. The number of ether oxygens (including phenoxy) is 3. The van der Waals surface area contributed by atoms with Gasteiger partial charge in [-0.15, -0.1) is 0 Å². The Balaban J connectivity index is 1.52. The van der Waals surface area contributed by atoms with Crippen LogP contribution in [0.2, 0.25) is 0 Å². The van der Waals surface area contributed by atoms with Gasteiger partial charge in [0.1, 0.15) is 36.3 Å². The lowest BCUT2D eigenvalue weighted by molar-refractivity contribution is 0.270. The highest BCUT2D eigenvalue weighted by Crippen LogP contribution is 2.23. The van der Waals surface area contributed by atoms with Crippen molar-refractivity contribution < 1.29 is 14.2 Å². The maximum absolute atomic E-state index is 6.08. The summed E-state index contributed by atoms with van der Waals surface area (Å²) in [5, 5.41) is 0. The Hall–Kier alpha value is -3.47. The topological polar surface area (TPSA) is 45.5 Å². The molecule has 0 amide bonds. The van der Waals surface area contributed by atoms with Gasteiger partial charge in [-0.3, -0.25) is 0 Å². The number of aromatic nitrogens is 2. The van der Waals surface area contributed by atoms with Crippen LogP contribution in [-0.2, 0) is 13.2 Å². The smallest absolute Gasteiger partial charge is 0.148 e. The third kappa shape index (κ3) is 4.40. The Morgan fingerprint density at radius 2 is 1.70 bits per heavy atom. The first-order valence-corrected chi connectivity index (χ1v) is 10.0. The van der Waals surface area contributed by atoms with Crippen molar-refractivity contribution in [2.24, 2.45) is 0 Å². The van der Waals surface area contributed by atoms with E-state index in [-0.39, 0.29) is 0 Å². The van der Waals surface area contributed by atoms with Gasteiger partial charge in [0.05, 0.1) is 24.7 Å². The number of benzene rings is 3. The summed E-state index contributed by atoms with van der Waals surface area (Å²) < 4.78 is 19.5. The van der Waals surface area contributed by atoms with E-state index < -0.39 is 0 Å². The number of imidazole rings is 1. The molecule has 30 heavy (non-hydrogen) atoms. The maximum Gasteiger partial charge on any atom is 0.148 e. The van der Waals surface area contributed by atoms with Crippen molar-refractivity contribution in [3.63, 3.8) is 0 Å². The molecule has 5 heteroatoms. The predicted octanol–water partition coefficient (Wildman–Crippen LogP) is 5.32. The third-order valence-corrected chi connectivity index (χ3v) is 5.06. The second-order valence-corrected chi connectivity index (χ2v) is 7.25. The number of methoxy groups -OCH3 is 1. The van der Waals surface area contributed by atoms with Crippen LogP contribution < -0.4 is 14.2 Å². The molecule has 0 atom stereocenters. The van der Waals surface area contributed by atoms with E-state index in [4.69, 9.17) is 19.2 Å². The number of para-hydroxylation sites is 2. The van der Waals surface area contributed by atoms with E-state index in [9.17, 15) is 0 Å². The number of rotatable bonds is 8. The van der Waals surface area contributed by atoms with E-state index in [1.165, 1.54) is 5.56 Å². The second kappa shape index (κ2) is 8.91. The summed E-state index contributed by atoms with van der Waals surface area (Å²) in [5.74, 6) is 3.31. The Labute approximate surface area is 176 Å². The molecule has 0 fully saturated rings. The third-order valence-electron chi connectivity index (χ3n) is 5.06. The average Bonchev–Trinajstić information content (AvgIpc) is 3.12. The first kappa shape index (κ1) is 19.8. The molecule has 0 aliphatic heterocycles. The minimum atomic E-state index is 0.366. The van der Waals surface area contributed by atoms with E-state index >= 15 is 0 Å². The number of aryl methyl sites for hydroxylation is 2. The highest BCUT2D eigenvalue weighted by atomic mass is 16.5. The van der Waals surface area contributed by atoms with E-state index in [0.717, 1.165) is 39.7 Å². The van der Waals surface area contributed by atoms with Crippen molar-refractivity contribution >= 4 is 11.0 Å². The highest BCUT2D eigenvalue weighted by Gasteiger charge is 2.12. The van der Waals surface area contributed by atoms with Gasteiger partial charge in [-0.2, -0.15) is 0 Å². The summed E-state index contributed by atoms with van der Waals surface area (Å²) in [6.45, 7) is 5.74. The fourth-order valence-electron chi connectivity index (χ4n) is 3.43. The molecule has 0 unspecified atom stereocenters. The fraction of sp³-hybridized carbons (Fsp3) is 0.240. The zero-order chi connectivity index (χ0) is 20.9. The van der Waals surface area contributed by atoms with Crippen molar-refractivity contribution in [3.05, 3.63) is 83.7 Å². The minimum Gasteiger partial charge on any atom is -0.497 e. The lowest BCUT2D eigenvalue weighted by atomic mass is 10.1. The Bertz CT molecular complexity index is 1150. The van der Waals surface area contributed by atoms with Gasteiger partial charge in [0.2, 0.25) is 0 Å². The zero-order valence-corrected chi connectivity index (χ0v) is 17.6. The normalized spacial score (nSPS) is 10.9. The lowest BCUT2D eigenvalue weighted by Crippen LogP contribution is -2.13. The first-order chi connectivity index (χ1) is 14.6. The van der Waals surface area contributed by atoms with E-state index in [0.29, 0.717) is 19.8 Å². The van der Waals surface area contributed by atoms with Crippen LogP contribution in [0.4, 0.5) is 0 Å². The summed E-state index contributed by atoms with van der Waals surface area (Å²) >= 11 is 0. The van der Waals surface area contributed by atoms with Crippen molar-refractivity contribution in [3.8, 4) is 17.2 Å². The second-order valence-electron chi connectivity index (χ2n) is 7.25. The molecule has 0 aliphatic rings. The molecule has 0 spiro atoms. The van der Waals surface area contributed by atoms with Crippen LogP contribution in [0.3, 0.4) is 0 Å². The molecule has 1 aromatic heterocycles.